The molecule has 0 radical (unpaired) electrons. The molecule has 2 bridgehead atoms. The molecule has 4 unspecified atom stereocenters. The van der Waals surface area contributed by atoms with Crippen molar-refractivity contribution in [1.82, 2.24) is 4.90 Å². The van der Waals surface area contributed by atoms with Gasteiger partial charge >= 0.3 is 5.97 Å². The third-order valence-electron chi connectivity index (χ3n) is 18.4. The van der Waals surface area contributed by atoms with Gasteiger partial charge in [0.05, 0.1) is 31.0 Å². The lowest BCUT2D eigenvalue weighted by atomic mass is 9.78. The molecular formula is C62H97NO23. The number of methoxy groups -OCH3 is 3. The molecule has 4 saturated heterocycles. The molecule has 9 N–H and O–H groups in total. The lowest BCUT2D eigenvalue weighted by Gasteiger charge is -2.45. The first-order valence-electron chi connectivity index (χ1n) is 30.5. The van der Waals surface area contributed by atoms with Gasteiger partial charge in [0.15, 0.2) is 24.7 Å². The van der Waals surface area contributed by atoms with Gasteiger partial charge in [0.1, 0.15) is 72.9 Å². The average Bonchev–Trinajstić information content (AvgIpc) is 1.50. The van der Waals surface area contributed by atoms with E-state index in [0.717, 1.165) is 10.5 Å². The summed E-state index contributed by atoms with van der Waals surface area (Å²) in [6.07, 6.45) is -10.4. The van der Waals surface area contributed by atoms with Crippen molar-refractivity contribution in [3.05, 3.63) is 47.6 Å². The van der Waals surface area contributed by atoms with Crippen LogP contribution in [0, 0.1) is 35.5 Å². The number of piperidine rings is 1. The second-order valence-electron chi connectivity index (χ2n) is 24.9. The number of hydrogen-bond donors (Lipinski definition) is 9. The third kappa shape index (κ3) is 17.4. The van der Waals surface area contributed by atoms with Crippen molar-refractivity contribution in [1.29, 1.82) is 0 Å². The lowest BCUT2D eigenvalue weighted by molar-refractivity contribution is -0.387. The number of amides is 1. The molecule has 1 amide bonds. The van der Waals surface area contributed by atoms with Crippen LogP contribution in [0.1, 0.15) is 126 Å². The Morgan fingerprint density at radius 3 is 2.10 bits per heavy atom. The summed E-state index contributed by atoms with van der Waals surface area (Å²) in [5.41, 5.74) is 1.01. The van der Waals surface area contributed by atoms with E-state index in [4.69, 9.17) is 42.6 Å². The molecule has 5 heterocycles. The van der Waals surface area contributed by atoms with Crippen LogP contribution >= 0.6 is 0 Å². The Kier molecular flexibility index (Phi) is 26.8. The Morgan fingerprint density at radius 1 is 0.733 bits per heavy atom. The Morgan fingerprint density at radius 2 is 1.43 bits per heavy atom. The Hall–Kier alpha value is -3.77. The number of aliphatic hydroxyl groups excluding tert-OH is 8. The van der Waals surface area contributed by atoms with Crippen molar-refractivity contribution in [2.45, 2.75) is 242 Å². The molecule has 0 spiro atoms. The van der Waals surface area contributed by atoms with Crippen molar-refractivity contribution >= 4 is 29.2 Å². The normalized spacial score (nSPS) is 44.3. The SMILES string of the molecule is CO[C@H]1C[C@@H]2CC[C@@H](C)[C@@](O)(O2)C(=O)C(=O)N2CCCCC2C(=O)O[C@H]([C@H](C)CC2CC[C@@H](O)[C@H](OC)C2)CC(=O)[C@H](C)/C=C(\C)[C@@H](OC2O[C@H](O)[C@@H](OC3O[C@H](CO)[C@@H](O)[C@H](O)[C@H]3O)[C@H](O)[C@H]2O)[C@@H](OC)C(=O)[C@H](C)C[C@H](C)/C=C/C=C/C=C/1C. The van der Waals surface area contributed by atoms with Crippen LogP contribution in [-0.2, 0) is 66.6 Å². The number of cyclic esters (lactones) is 1. The van der Waals surface area contributed by atoms with E-state index in [0.29, 0.717) is 57.8 Å². The van der Waals surface area contributed by atoms with Crippen LogP contribution in [0.15, 0.2) is 47.6 Å². The average molecular weight is 1220 g/mol. The van der Waals surface area contributed by atoms with Gasteiger partial charge in [-0.2, -0.15) is 0 Å². The summed E-state index contributed by atoms with van der Waals surface area (Å²) >= 11 is 0. The first-order valence-corrected chi connectivity index (χ1v) is 30.5. The number of allylic oxidation sites excluding steroid dienone is 6. The molecule has 488 valence electrons. The van der Waals surface area contributed by atoms with E-state index in [1.807, 2.05) is 45.1 Å². The van der Waals surface area contributed by atoms with Crippen LogP contribution in [-0.4, -0.2) is 231 Å². The van der Waals surface area contributed by atoms with Crippen molar-refractivity contribution in [3.8, 4) is 0 Å². The zero-order valence-corrected chi connectivity index (χ0v) is 51.4. The number of esters is 1. The van der Waals surface area contributed by atoms with Gasteiger partial charge in [0.2, 0.25) is 5.79 Å². The van der Waals surface area contributed by atoms with Crippen LogP contribution < -0.4 is 0 Å². The van der Waals surface area contributed by atoms with Crippen molar-refractivity contribution < 1.29 is 113 Å². The first-order chi connectivity index (χ1) is 40.7. The fraction of sp³-hybridized carbons (Fsp3) is 0.790. The standard InChI is InChI=1S/C62H97NO23/c1-31-16-12-11-13-17-32(2)43(78-8)28-39-21-19-37(7)62(77,86-39)56(73)57(74)63-23-15-14-18-40(63)58(75)81-44(34(4)26-38-20-22-41(65)45(27-38)79-9)29-42(66)33(3)25-36(6)53(54(80-10)47(67)35(5)24-31)83-61-52(72)50(70)55(59(76)85-61)84-60-51(71)49(69)48(68)46(30-64)82-60/h11-13,16-17,25,31,33-35,37-41,43-46,48-55,59-61,64-65,68-72,76-77H,14-15,18-24,26-30H2,1-10H3/b13-11+,16-12+,32-17+,36-25+/t31-,33-,34-,35-,37-,38?,39+,40?,41-,43+,44+,45-,46-,48-,49+,50-,51-,52-,53-,54+,55+,59+,60?,61?,62-/m1/s1. The summed E-state index contributed by atoms with van der Waals surface area (Å²) in [7, 11) is 4.32. The maximum atomic E-state index is 14.8. The molecule has 24 heteroatoms. The summed E-state index contributed by atoms with van der Waals surface area (Å²) in [6.45, 7) is 11.3. The van der Waals surface area contributed by atoms with E-state index >= 15 is 0 Å². The summed E-state index contributed by atoms with van der Waals surface area (Å²) in [5.74, 6) is -9.72. The van der Waals surface area contributed by atoms with Crippen molar-refractivity contribution in [2.24, 2.45) is 35.5 Å². The van der Waals surface area contributed by atoms with Crippen LogP contribution in [0.2, 0.25) is 0 Å². The fourth-order valence-electron chi connectivity index (χ4n) is 12.8. The monoisotopic (exact) mass is 1220 g/mol. The number of ether oxygens (including phenoxy) is 9. The van der Waals surface area contributed by atoms with Gasteiger partial charge in [-0.05, 0) is 107 Å². The van der Waals surface area contributed by atoms with Gasteiger partial charge < -0.3 is 93.5 Å². The smallest absolute Gasteiger partial charge is 0.329 e. The van der Waals surface area contributed by atoms with Crippen LogP contribution in [0.4, 0.5) is 0 Å². The van der Waals surface area contributed by atoms with Gasteiger partial charge in [-0.15, -0.1) is 0 Å². The molecule has 0 aromatic rings. The Bertz CT molecular complexity index is 2380. The highest BCUT2D eigenvalue weighted by Crippen LogP contribution is 2.39. The van der Waals surface area contributed by atoms with E-state index in [-0.39, 0.29) is 43.2 Å². The number of ketones is 3. The highest BCUT2D eigenvalue weighted by atomic mass is 16.8. The summed E-state index contributed by atoms with van der Waals surface area (Å²) in [4.78, 5) is 74.2. The third-order valence-corrected chi connectivity index (χ3v) is 18.4. The molecule has 6 rings (SSSR count). The summed E-state index contributed by atoms with van der Waals surface area (Å²) < 4.78 is 52.9. The first kappa shape index (κ1) is 71.3. The minimum absolute atomic E-state index is 0.00297. The zero-order chi connectivity index (χ0) is 63.5. The molecule has 86 heavy (non-hydrogen) atoms. The molecule has 5 aliphatic heterocycles. The molecule has 5 fully saturated rings. The second kappa shape index (κ2) is 32.3. The number of Topliss-reactive ketones (excluding diaryl/α,β-unsaturated/α-hetero) is 3. The fourth-order valence-corrected chi connectivity index (χ4v) is 12.8. The number of nitrogens with zero attached hydrogens (tertiary/aromatic N) is 1. The second-order valence-corrected chi connectivity index (χ2v) is 24.9. The largest absolute Gasteiger partial charge is 0.460 e. The molecule has 6 aliphatic rings. The Balaban J connectivity index is 1.35. The van der Waals surface area contributed by atoms with Crippen molar-refractivity contribution in [3.63, 3.8) is 0 Å². The number of carbonyl (C=O) groups excluding carboxylic acids is 5. The van der Waals surface area contributed by atoms with E-state index < -0.39 is 176 Å². The maximum Gasteiger partial charge on any atom is 0.329 e. The summed E-state index contributed by atoms with van der Waals surface area (Å²) in [5, 5.41) is 98.1. The Labute approximate surface area is 504 Å². The van der Waals surface area contributed by atoms with Gasteiger partial charge in [-0.1, -0.05) is 71.1 Å². The van der Waals surface area contributed by atoms with E-state index in [1.165, 1.54) is 27.4 Å². The van der Waals surface area contributed by atoms with Gasteiger partial charge in [0, 0.05) is 58.5 Å². The van der Waals surface area contributed by atoms with E-state index in [1.54, 1.807) is 33.8 Å². The predicted molar refractivity (Wildman–Crippen MR) is 306 cm³/mol. The number of rotatable bonds is 11. The van der Waals surface area contributed by atoms with Crippen LogP contribution in [0.3, 0.4) is 0 Å². The molecule has 0 aromatic carbocycles. The molecule has 24 nitrogen and oxygen atoms in total. The highest BCUT2D eigenvalue weighted by Gasteiger charge is 2.55. The minimum Gasteiger partial charge on any atom is -0.460 e. The molecule has 25 atom stereocenters. The highest BCUT2D eigenvalue weighted by molar-refractivity contribution is 6.39. The van der Waals surface area contributed by atoms with E-state index in [9.17, 15) is 69.9 Å². The lowest BCUT2D eigenvalue weighted by Crippen LogP contribution is -2.64. The van der Waals surface area contributed by atoms with Crippen LogP contribution in [0.25, 0.3) is 0 Å². The number of aliphatic hydroxyl groups is 9. The van der Waals surface area contributed by atoms with Gasteiger partial charge in [-0.25, -0.2) is 4.79 Å². The van der Waals surface area contributed by atoms with Crippen LogP contribution in [0.5, 0.6) is 0 Å². The minimum atomic E-state index is -2.51. The topological polar surface area (TPSA) is 354 Å². The van der Waals surface area contributed by atoms with Gasteiger partial charge in [0.25, 0.3) is 11.7 Å². The summed E-state index contributed by atoms with van der Waals surface area (Å²) in [6, 6.07) is -1.26. The molecule has 0 aromatic heterocycles. The number of hydrogen-bond acceptors (Lipinski definition) is 23. The maximum absolute atomic E-state index is 14.8. The molecule has 1 aliphatic carbocycles. The zero-order valence-electron chi connectivity index (χ0n) is 51.4. The predicted octanol–water partition coefficient (Wildman–Crippen LogP) is 1.79. The molecular weight excluding hydrogens is 1130 g/mol. The molecule has 1 saturated carbocycles. The number of fused-ring (bicyclic) bond motifs is 3. The van der Waals surface area contributed by atoms with E-state index in [2.05, 4.69) is 0 Å². The quantitative estimate of drug-likeness (QED) is 0.0809. The number of carbonyl (C=O) groups is 5. The van der Waals surface area contributed by atoms with Gasteiger partial charge in [-0.3, -0.25) is 19.2 Å². The van der Waals surface area contributed by atoms with Crippen molar-refractivity contribution in [2.75, 3.05) is 34.5 Å².